The molecule has 7 heteroatoms. The van der Waals surface area contributed by atoms with Crippen molar-refractivity contribution >= 4 is 17.7 Å². The van der Waals surface area contributed by atoms with E-state index >= 15 is 0 Å². The highest BCUT2D eigenvalue weighted by Crippen LogP contribution is 2.16. The number of thioether (sulfide) groups is 1. The zero-order valence-corrected chi connectivity index (χ0v) is 17.3. The van der Waals surface area contributed by atoms with Crippen molar-refractivity contribution in [2.45, 2.75) is 18.0 Å². The summed E-state index contributed by atoms with van der Waals surface area (Å²) in [7, 11) is 1.72. The molecule has 1 aromatic heterocycles. The van der Waals surface area contributed by atoms with Gasteiger partial charge in [-0.15, -0.1) is 11.8 Å². The van der Waals surface area contributed by atoms with Gasteiger partial charge in [-0.25, -0.2) is 4.68 Å². The van der Waals surface area contributed by atoms with Crippen molar-refractivity contribution in [2.75, 3.05) is 19.9 Å². The second kappa shape index (κ2) is 9.93. The molecule has 0 atom stereocenters. The van der Waals surface area contributed by atoms with Crippen LogP contribution >= 0.6 is 11.8 Å². The smallest absolute Gasteiger partial charge is 0.274 e. The quantitative estimate of drug-likeness (QED) is 0.534. The largest absolute Gasteiger partial charge is 0.492 e. The van der Waals surface area contributed by atoms with E-state index in [1.54, 1.807) is 23.7 Å². The summed E-state index contributed by atoms with van der Waals surface area (Å²) < 4.78 is 6.87. The van der Waals surface area contributed by atoms with E-state index in [9.17, 15) is 9.59 Å². The molecule has 0 aliphatic rings. The lowest BCUT2D eigenvalue weighted by atomic mass is 10.2. The van der Waals surface area contributed by atoms with E-state index in [2.05, 4.69) is 5.10 Å². The number of carbonyl (C=O) groups excluding carboxylic acids is 1. The van der Waals surface area contributed by atoms with Crippen LogP contribution in [0.25, 0.3) is 0 Å². The minimum absolute atomic E-state index is 0.229. The maximum atomic E-state index is 12.7. The van der Waals surface area contributed by atoms with E-state index in [1.165, 1.54) is 21.7 Å². The van der Waals surface area contributed by atoms with Gasteiger partial charge in [0.15, 0.2) is 0 Å². The molecule has 3 aromatic rings. The highest BCUT2D eigenvalue weighted by atomic mass is 32.2. The van der Waals surface area contributed by atoms with Gasteiger partial charge in [-0.1, -0.05) is 30.3 Å². The maximum absolute atomic E-state index is 12.7. The Hall–Kier alpha value is -3.06. The number of aromatic nitrogens is 2. The lowest BCUT2D eigenvalue weighted by Crippen LogP contribution is -2.31. The zero-order chi connectivity index (χ0) is 20.6. The van der Waals surface area contributed by atoms with E-state index in [4.69, 9.17) is 4.74 Å². The topological polar surface area (TPSA) is 64.4 Å². The van der Waals surface area contributed by atoms with Crippen molar-refractivity contribution in [3.05, 3.63) is 88.3 Å². The van der Waals surface area contributed by atoms with Crippen LogP contribution in [-0.2, 0) is 13.1 Å². The van der Waals surface area contributed by atoms with Crippen LogP contribution in [0.15, 0.2) is 76.4 Å². The average Bonchev–Trinajstić information content (AvgIpc) is 2.76. The van der Waals surface area contributed by atoms with Crippen LogP contribution in [0, 0.1) is 0 Å². The number of hydrogen-bond acceptors (Lipinski definition) is 5. The third kappa shape index (κ3) is 5.71. The van der Waals surface area contributed by atoms with Crippen LogP contribution in [0.1, 0.15) is 16.1 Å². The van der Waals surface area contributed by atoms with Gasteiger partial charge in [-0.3, -0.25) is 9.59 Å². The molecule has 1 amide bonds. The molecule has 3 rings (SSSR count). The molecule has 6 nitrogen and oxygen atoms in total. The third-order valence-corrected chi connectivity index (χ3v) is 5.07. The molecular weight excluding hydrogens is 386 g/mol. The number of benzene rings is 2. The summed E-state index contributed by atoms with van der Waals surface area (Å²) in [6, 6.07) is 20.3. The van der Waals surface area contributed by atoms with Crippen LogP contribution in [0.5, 0.6) is 5.75 Å². The lowest BCUT2D eigenvalue weighted by molar-refractivity contribution is 0.0776. The first kappa shape index (κ1) is 20.7. The number of hydrogen-bond donors (Lipinski definition) is 0. The molecule has 0 unspecified atom stereocenters. The van der Waals surface area contributed by atoms with Crippen molar-refractivity contribution in [3.63, 3.8) is 0 Å². The summed E-state index contributed by atoms with van der Waals surface area (Å²) in [5, 5.41) is 4.22. The fourth-order valence-electron chi connectivity index (χ4n) is 2.76. The predicted octanol–water partition coefficient (Wildman–Crippen LogP) is 3.32. The Kier molecular flexibility index (Phi) is 7.08. The molecule has 0 bridgehead atoms. The highest BCUT2D eigenvalue weighted by Gasteiger charge is 2.15. The number of nitrogens with zero attached hydrogens (tertiary/aromatic N) is 3. The van der Waals surface area contributed by atoms with Gasteiger partial charge in [-0.2, -0.15) is 5.10 Å². The minimum Gasteiger partial charge on any atom is -0.492 e. The maximum Gasteiger partial charge on any atom is 0.274 e. The fraction of sp³-hybridized carbons (Fsp3) is 0.227. The van der Waals surface area contributed by atoms with E-state index in [0.717, 1.165) is 11.3 Å². The number of ether oxygens (including phenoxy) is 1. The molecule has 0 saturated carbocycles. The zero-order valence-electron chi connectivity index (χ0n) is 16.4. The van der Waals surface area contributed by atoms with Gasteiger partial charge >= 0.3 is 0 Å². The predicted molar refractivity (Wildman–Crippen MR) is 114 cm³/mol. The standard InChI is InChI=1S/C22H23N3O3S/c1-24(16-17-8-10-19(29-2)11-9-17)22(27)20-12-13-21(26)25(23-20)14-15-28-18-6-4-3-5-7-18/h3-13H,14-16H2,1-2H3. The first-order valence-electron chi connectivity index (χ1n) is 9.21. The second-order valence-electron chi connectivity index (χ2n) is 6.45. The molecule has 0 spiro atoms. The van der Waals surface area contributed by atoms with Crippen LogP contribution in [0.2, 0.25) is 0 Å². The van der Waals surface area contributed by atoms with Crippen LogP contribution in [0.4, 0.5) is 0 Å². The first-order chi connectivity index (χ1) is 14.1. The molecule has 2 aromatic carbocycles. The fourth-order valence-corrected chi connectivity index (χ4v) is 3.17. The summed E-state index contributed by atoms with van der Waals surface area (Å²) >= 11 is 1.67. The van der Waals surface area contributed by atoms with E-state index < -0.39 is 0 Å². The van der Waals surface area contributed by atoms with E-state index in [0.29, 0.717) is 6.54 Å². The monoisotopic (exact) mass is 409 g/mol. The van der Waals surface area contributed by atoms with Crippen molar-refractivity contribution in [3.8, 4) is 5.75 Å². The van der Waals surface area contributed by atoms with Crippen LogP contribution in [-0.4, -0.2) is 40.5 Å². The Labute approximate surface area is 174 Å². The SMILES string of the molecule is CSc1ccc(CN(C)C(=O)c2ccc(=O)n(CCOc3ccccc3)n2)cc1. The molecule has 0 fully saturated rings. The molecule has 0 aliphatic heterocycles. The summed E-state index contributed by atoms with van der Waals surface area (Å²) in [6.07, 6.45) is 2.02. The third-order valence-electron chi connectivity index (χ3n) is 4.33. The molecule has 0 radical (unpaired) electrons. The Bertz CT molecular complexity index is 1000. The molecule has 150 valence electrons. The Morgan fingerprint density at radius 2 is 1.79 bits per heavy atom. The van der Waals surface area contributed by atoms with Crippen molar-refractivity contribution in [1.29, 1.82) is 0 Å². The Balaban J connectivity index is 1.63. The summed E-state index contributed by atoms with van der Waals surface area (Å²) in [5.74, 6) is 0.483. The molecule has 0 N–H and O–H groups in total. The van der Waals surface area contributed by atoms with Gasteiger partial charge in [0.05, 0.1) is 6.54 Å². The molecular formula is C22H23N3O3S. The summed E-state index contributed by atoms with van der Waals surface area (Å²) in [5.41, 5.74) is 0.990. The number of rotatable bonds is 8. The van der Waals surface area contributed by atoms with Gasteiger partial charge in [0.1, 0.15) is 18.1 Å². The summed E-state index contributed by atoms with van der Waals surface area (Å²) in [4.78, 5) is 27.6. The molecule has 0 saturated heterocycles. The van der Waals surface area contributed by atoms with Gasteiger partial charge < -0.3 is 9.64 Å². The van der Waals surface area contributed by atoms with Crippen LogP contribution in [0.3, 0.4) is 0 Å². The average molecular weight is 410 g/mol. The van der Waals surface area contributed by atoms with Crippen molar-refractivity contribution in [2.24, 2.45) is 0 Å². The van der Waals surface area contributed by atoms with Gasteiger partial charge in [0.2, 0.25) is 0 Å². The first-order valence-corrected chi connectivity index (χ1v) is 10.4. The number of amides is 1. The van der Waals surface area contributed by atoms with Crippen molar-refractivity contribution in [1.82, 2.24) is 14.7 Å². The van der Waals surface area contributed by atoms with Gasteiger partial charge in [0.25, 0.3) is 11.5 Å². The molecule has 1 heterocycles. The highest BCUT2D eigenvalue weighted by molar-refractivity contribution is 7.98. The number of para-hydroxylation sites is 1. The lowest BCUT2D eigenvalue weighted by Gasteiger charge is -2.17. The minimum atomic E-state index is -0.270. The molecule has 0 aliphatic carbocycles. The number of carbonyl (C=O) groups is 1. The van der Waals surface area contributed by atoms with E-state index in [1.807, 2.05) is 60.9 Å². The van der Waals surface area contributed by atoms with Gasteiger partial charge in [-0.05, 0) is 42.2 Å². The Morgan fingerprint density at radius 1 is 1.07 bits per heavy atom. The van der Waals surface area contributed by atoms with Crippen LogP contribution < -0.4 is 10.3 Å². The van der Waals surface area contributed by atoms with Gasteiger partial charge in [0, 0.05) is 24.6 Å². The normalized spacial score (nSPS) is 10.6. The van der Waals surface area contributed by atoms with Crippen molar-refractivity contribution < 1.29 is 9.53 Å². The summed E-state index contributed by atoms with van der Waals surface area (Å²) in [6.45, 7) is 1.01. The molecule has 29 heavy (non-hydrogen) atoms. The second-order valence-corrected chi connectivity index (χ2v) is 7.33. The Morgan fingerprint density at radius 3 is 2.48 bits per heavy atom. The van der Waals surface area contributed by atoms with E-state index in [-0.39, 0.29) is 30.3 Å².